The van der Waals surface area contributed by atoms with E-state index >= 15 is 0 Å². The molecule has 0 saturated heterocycles. The van der Waals surface area contributed by atoms with Crippen LogP contribution in [-0.4, -0.2) is 37.1 Å². The standard InChI is InChI=1S/C19H20N2O4S/c1-24-17(22)12-25-16-8-2-13(3-9-16)10-11-21-19(23)15-6-4-14(5-7-15)18(20)26/h2-9H,10-12H2,1H3,(H2,20,26)(H,21,23). The maximum atomic E-state index is 12.1. The molecule has 1 amide bonds. The molecule has 3 N–H and O–H groups in total. The summed E-state index contributed by atoms with van der Waals surface area (Å²) >= 11 is 4.89. The van der Waals surface area contributed by atoms with Crippen LogP contribution >= 0.6 is 12.2 Å². The van der Waals surface area contributed by atoms with Crippen molar-refractivity contribution in [3.05, 3.63) is 65.2 Å². The van der Waals surface area contributed by atoms with Crippen molar-refractivity contribution < 1.29 is 19.1 Å². The van der Waals surface area contributed by atoms with Gasteiger partial charge in [0.2, 0.25) is 0 Å². The van der Waals surface area contributed by atoms with Gasteiger partial charge in [-0.3, -0.25) is 4.79 Å². The minimum atomic E-state index is -0.432. The Labute approximate surface area is 157 Å². The van der Waals surface area contributed by atoms with Crippen LogP contribution in [0.3, 0.4) is 0 Å². The van der Waals surface area contributed by atoms with Crippen LogP contribution in [0.15, 0.2) is 48.5 Å². The molecule has 0 aromatic heterocycles. The van der Waals surface area contributed by atoms with Crippen molar-refractivity contribution >= 4 is 29.1 Å². The molecule has 0 spiro atoms. The second kappa shape index (κ2) is 9.53. The number of hydrogen-bond donors (Lipinski definition) is 2. The van der Waals surface area contributed by atoms with Crippen molar-refractivity contribution in [3.8, 4) is 5.75 Å². The first-order valence-electron chi connectivity index (χ1n) is 7.96. The lowest BCUT2D eigenvalue weighted by Crippen LogP contribution is -2.25. The lowest BCUT2D eigenvalue weighted by atomic mass is 10.1. The SMILES string of the molecule is COC(=O)COc1ccc(CCNC(=O)c2ccc(C(N)=S)cc2)cc1. The second-order valence-corrected chi connectivity index (χ2v) is 5.90. The zero-order valence-electron chi connectivity index (χ0n) is 14.4. The number of amides is 1. The van der Waals surface area contributed by atoms with E-state index in [-0.39, 0.29) is 12.5 Å². The van der Waals surface area contributed by atoms with Gasteiger partial charge in [0.25, 0.3) is 5.91 Å². The Morgan fingerprint density at radius 1 is 1.04 bits per heavy atom. The Kier molecular flexibility index (Phi) is 7.11. The van der Waals surface area contributed by atoms with Crippen LogP contribution in [0.4, 0.5) is 0 Å². The maximum absolute atomic E-state index is 12.1. The first-order chi connectivity index (χ1) is 12.5. The first-order valence-corrected chi connectivity index (χ1v) is 8.37. The van der Waals surface area contributed by atoms with Crippen molar-refractivity contribution in [1.82, 2.24) is 5.32 Å². The molecule has 2 rings (SSSR count). The van der Waals surface area contributed by atoms with Gasteiger partial charge in [-0.2, -0.15) is 0 Å². The molecule has 0 aliphatic heterocycles. The van der Waals surface area contributed by atoms with Crippen LogP contribution < -0.4 is 15.8 Å². The molecule has 0 aliphatic carbocycles. The number of thiocarbonyl (C=S) groups is 1. The normalized spacial score (nSPS) is 10.0. The third-order valence-electron chi connectivity index (χ3n) is 3.64. The Hall–Kier alpha value is -2.93. The number of benzene rings is 2. The third-order valence-corrected chi connectivity index (χ3v) is 3.87. The van der Waals surface area contributed by atoms with Gasteiger partial charge in [-0.1, -0.05) is 36.5 Å². The van der Waals surface area contributed by atoms with Crippen molar-refractivity contribution in [2.45, 2.75) is 6.42 Å². The third kappa shape index (κ3) is 5.86. The fourth-order valence-corrected chi connectivity index (χ4v) is 2.30. The summed E-state index contributed by atoms with van der Waals surface area (Å²) in [6.07, 6.45) is 0.675. The van der Waals surface area contributed by atoms with Crippen LogP contribution in [0.1, 0.15) is 21.5 Å². The molecule has 0 unspecified atom stereocenters. The van der Waals surface area contributed by atoms with E-state index in [1.807, 2.05) is 12.1 Å². The highest BCUT2D eigenvalue weighted by atomic mass is 32.1. The van der Waals surface area contributed by atoms with Gasteiger partial charge in [0.1, 0.15) is 10.7 Å². The first kappa shape index (κ1) is 19.4. The van der Waals surface area contributed by atoms with E-state index in [4.69, 9.17) is 22.7 Å². The van der Waals surface area contributed by atoms with E-state index in [1.165, 1.54) is 7.11 Å². The van der Waals surface area contributed by atoms with Crippen molar-refractivity contribution in [2.24, 2.45) is 5.73 Å². The summed E-state index contributed by atoms with van der Waals surface area (Å²) in [6.45, 7) is 0.373. The van der Waals surface area contributed by atoms with Gasteiger partial charge in [-0.25, -0.2) is 4.79 Å². The van der Waals surface area contributed by atoms with Gasteiger partial charge in [0.05, 0.1) is 7.11 Å². The molecule has 0 aliphatic rings. The lowest BCUT2D eigenvalue weighted by molar-refractivity contribution is -0.142. The Bertz CT molecular complexity index is 773. The highest BCUT2D eigenvalue weighted by molar-refractivity contribution is 7.80. The Balaban J connectivity index is 1.79. The minimum Gasteiger partial charge on any atom is -0.482 e. The molecule has 0 fully saturated rings. The van der Waals surface area contributed by atoms with Crippen LogP contribution in [0, 0.1) is 0 Å². The number of methoxy groups -OCH3 is 1. The van der Waals surface area contributed by atoms with Gasteiger partial charge in [-0.05, 0) is 36.2 Å². The molecule has 136 valence electrons. The maximum Gasteiger partial charge on any atom is 0.343 e. The number of carbonyl (C=O) groups is 2. The number of nitrogens with two attached hydrogens (primary N) is 1. The van der Waals surface area contributed by atoms with Crippen molar-refractivity contribution in [3.63, 3.8) is 0 Å². The monoisotopic (exact) mass is 372 g/mol. The molecular weight excluding hydrogens is 352 g/mol. The Morgan fingerprint density at radius 3 is 2.23 bits per heavy atom. The molecule has 0 heterocycles. The topological polar surface area (TPSA) is 90.6 Å². The number of nitrogens with one attached hydrogen (secondary N) is 1. The van der Waals surface area contributed by atoms with E-state index in [1.54, 1.807) is 36.4 Å². The van der Waals surface area contributed by atoms with Crippen molar-refractivity contribution in [1.29, 1.82) is 0 Å². The fraction of sp³-hybridized carbons (Fsp3) is 0.211. The molecule has 0 bridgehead atoms. The van der Waals surface area contributed by atoms with Crippen LogP contribution in [0.5, 0.6) is 5.75 Å². The molecule has 26 heavy (non-hydrogen) atoms. The number of esters is 1. The highest BCUT2D eigenvalue weighted by Gasteiger charge is 2.06. The summed E-state index contributed by atoms with van der Waals surface area (Å²) in [5.41, 5.74) is 7.86. The average molecular weight is 372 g/mol. The average Bonchev–Trinajstić information content (AvgIpc) is 2.67. The van der Waals surface area contributed by atoms with Gasteiger partial charge < -0.3 is 20.5 Å². The molecule has 0 atom stereocenters. The van der Waals surface area contributed by atoms with E-state index in [0.29, 0.717) is 29.3 Å². The summed E-state index contributed by atoms with van der Waals surface area (Å²) in [7, 11) is 1.31. The molecular formula is C19H20N2O4S. The number of carbonyl (C=O) groups excluding carboxylic acids is 2. The predicted molar refractivity (Wildman–Crippen MR) is 102 cm³/mol. The Morgan fingerprint density at radius 2 is 1.65 bits per heavy atom. The van der Waals surface area contributed by atoms with E-state index in [2.05, 4.69) is 10.1 Å². The van der Waals surface area contributed by atoms with Gasteiger partial charge in [-0.15, -0.1) is 0 Å². The summed E-state index contributed by atoms with van der Waals surface area (Å²) in [5.74, 6) is -0.00304. The van der Waals surface area contributed by atoms with E-state index < -0.39 is 5.97 Å². The number of rotatable bonds is 8. The summed E-state index contributed by atoms with van der Waals surface area (Å²) in [5, 5.41) is 2.86. The van der Waals surface area contributed by atoms with E-state index in [0.717, 1.165) is 11.1 Å². The van der Waals surface area contributed by atoms with Crippen LogP contribution in [-0.2, 0) is 16.0 Å². The van der Waals surface area contributed by atoms with Crippen LogP contribution in [0.25, 0.3) is 0 Å². The van der Waals surface area contributed by atoms with Gasteiger partial charge in [0.15, 0.2) is 6.61 Å². The summed E-state index contributed by atoms with van der Waals surface area (Å²) in [4.78, 5) is 23.4. The molecule has 2 aromatic rings. The fourth-order valence-electron chi connectivity index (χ4n) is 2.16. The molecule has 2 aromatic carbocycles. The highest BCUT2D eigenvalue weighted by Crippen LogP contribution is 2.12. The summed E-state index contributed by atoms with van der Waals surface area (Å²) in [6, 6.07) is 14.2. The molecule has 6 nitrogen and oxygen atoms in total. The van der Waals surface area contributed by atoms with Gasteiger partial charge >= 0.3 is 5.97 Å². The van der Waals surface area contributed by atoms with E-state index in [9.17, 15) is 9.59 Å². The van der Waals surface area contributed by atoms with Crippen LogP contribution in [0.2, 0.25) is 0 Å². The largest absolute Gasteiger partial charge is 0.482 e. The summed E-state index contributed by atoms with van der Waals surface area (Å²) < 4.78 is 9.79. The quantitative estimate of drug-likeness (QED) is 0.543. The zero-order chi connectivity index (χ0) is 18.9. The molecule has 0 saturated carbocycles. The second-order valence-electron chi connectivity index (χ2n) is 5.46. The molecule has 7 heteroatoms. The lowest BCUT2D eigenvalue weighted by Gasteiger charge is -2.08. The van der Waals surface area contributed by atoms with Crippen molar-refractivity contribution in [2.75, 3.05) is 20.3 Å². The minimum absolute atomic E-state index is 0.125. The number of hydrogen-bond acceptors (Lipinski definition) is 5. The molecule has 0 radical (unpaired) electrons. The van der Waals surface area contributed by atoms with Gasteiger partial charge in [0, 0.05) is 17.7 Å². The number of ether oxygens (including phenoxy) is 2. The zero-order valence-corrected chi connectivity index (χ0v) is 15.2. The smallest absolute Gasteiger partial charge is 0.343 e. The predicted octanol–water partition coefficient (Wildman–Crippen LogP) is 1.85.